The lowest BCUT2D eigenvalue weighted by Crippen LogP contribution is -2.47. The first kappa shape index (κ1) is 11.1. The van der Waals surface area contributed by atoms with Gasteiger partial charge in [0.2, 0.25) is 0 Å². The largest absolute Gasteiger partial charge is 0.480 e. The molecule has 4 nitrogen and oxygen atoms in total. The Morgan fingerprint density at radius 2 is 2.29 bits per heavy atom. The van der Waals surface area contributed by atoms with Crippen LogP contribution in [-0.4, -0.2) is 22.1 Å². The molecule has 3 N–H and O–H groups in total. The normalized spacial score (nSPS) is 14.0. The number of carbonyl (C=O) groups is 1. The van der Waals surface area contributed by atoms with Crippen LogP contribution in [0.1, 0.15) is 24.5 Å². The van der Waals surface area contributed by atoms with Crippen LogP contribution in [0.4, 0.5) is 0 Å². The molecule has 0 spiro atoms. The Kier molecular flexibility index (Phi) is 2.92. The predicted octanol–water partition coefficient (Wildman–Crippen LogP) is 1.14. The van der Waals surface area contributed by atoms with Crippen molar-refractivity contribution in [3.63, 3.8) is 0 Å². The first-order chi connectivity index (χ1) is 6.35. The van der Waals surface area contributed by atoms with Crippen LogP contribution >= 0.6 is 11.3 Å². The number of rotatable bonds is 3. The number of aromatic nitrogens is 1. The second-order valence-corrected chi connectivity index (χ2v) is 4.85. The Hall–Kier alpha value is -0.940. The third kappa shape index (κ3) is 1.93. The van der Waals surface area contributed by atoms with Crippen molar-refractivity contribution >= 4 is 17.3 Å². The molecule has 14 heavy (non-hydrogen) atoms. The molecule has 0 aliphatic heterocycles. The Morgan fingerprint density at radius 3 is 2.64 bits per heavy atom. The lowest BCUT2D eigenvalue weighted by Gasteiger charge is -2.26. The maximum absolute atomic E-state index is 10.8. The lowest BCUT2D eigenvalue weighted by molar-refractivity contribution is -0.140. The Balaban J connectivity index is 3.01. The van der Waals surface area contributed by atoms with Crippen molar-refractivity contribution in [2.45, 2.75) is 32.2 Å². The number of carboxylic acids is 1. The van der Waals surface area contributed by atoms with E-state index in [2.05, 4.69) is 4.98 Å². The summed E-state index contributed by atoms with van der Waals surface area (Å²) in [6.45, 7) is 5.47. The fourth-order valence-electron chi connectivity index (χ4n) is 1.13. The molecule has 78 valence electrons. The van der Waals surface area contributed by atoms with Crippen LogP contribution in [0.3, 0.4) is 0 Å². The van der Waals surface area contributed by atoms with Crippen LogP contribution in [0.2, 0.25) is 0 Å². The number of hydrogen-bond donors (Lipinski definition) is 2. The number of carboxylic acid groups (broad SMARTS) is 1. The third-order valence-electron chi connectivity index (χ3n) is 2.32. The van der Waals surface area contributed by atoms with Gasteiger partial charge < -0.3 is 10.8 Å². The van der Waals surface area contributed by atoms with E-state index in [4.69, 9.17) is 10.8 Å². The SMILES string of the molecule is Cc1nc(C(C)(C)C(N)C(=O)O)cs1. The molecule has 5 heteroatoms. The Morgan fingerprint density at radius 1 is 1.71 bits per heavy atom. The smallest absolute Gasteiger partial charge is 0.321 e. The molecule has 0 aliphatic carbocycles. The van der Waals surface area contributed by atoms with Crippen molar-refractivity contribution in [1.82, 2.24) is 4.98 Å². The molecule has 0 fully saturated rings. The molecule has 0 saturated heterocycles. The van der Waals surface area contributed by atoms with Crippen molar-refractivity contribution in [3.05, 3.63) is 16.1 Å². The topological polar surface area (TPSA) is 76.2 Å². The van der Waals surface area contributed by atoms with Crippen molar-refractivity contribution in [2.24, 2.45) is 5.73 Å². The van der Waals surface area contributed by atoms with E-state index < -0.39 is 17.4 Å². The van der Waals surface area contributed by atoms with Gasteiger partial charge in [-0.05, 0) is 6.92 Å². The first-order valence-corrected chi connectivity index (χ1v) is 5.14. The van der Waals surface area contributed by atoms with Gasteiger partial charge in [-0.15, -0.1) is 11.3 Å². The minimum atomic E-state index is -0.999. The molecule has 0 aromatic carbocycles. The summed E-state index contributed by atoms with van der Waals surface area (Å²) in [6, 6.07) is -0.927. The van der Waals surface area contributed by atoms with Gasteiger partial charge in [0.15, 0.2) is 0 Å². The standard InChI is InChI=1S/C9H14N2O2S/c1-5-11-6(4-14-5)9(2,3)7(10)8(12)13/h4,7H,10H2,1-3H3,(H,12,13). The van der Waals surface area contributed by atoms with Gasteiger partial charge in [0, 0.05) is 10.8 Å². The van der Waals surface area contributed by atoms with E-state index in [1.165, 1.54) is 11.3 Å². The van der Waals surface area contributed by atoms with E-state index in [1.54, 1.807) is 13.8 Å². The summed E-state index contributed by atoms with van der Waals surface area (Å²) in [5, 5.41) is 11.6. The van der Waals surface area contributed by atoms with Gasteiger partial charge in [-0.1, -0.05) is 13.8 Å². The van der Waals surface area contributed by atoms with E-state index >= 15 is 0 Å². The maximum Gasteiger partial charge on any atom is 0.321 e. The highest BCUT2D eigenvalue weighted by molar-refractivity contribution is 7.09. The van der Waals surface area contributed by atoms with Crippen LogP contribution < -0.4 is 5.73 Å². The van der Waals surface area contributed by atoms with Gasteiger partial charge in [0.25, 0.3) is 0 Å². The molecular weight excluding hydrogens is 200 g/mol. The molecule has 1 heterocycles. The van der Waals surface area contributed by atoms with Crippen molar-refractivity contribution in [3.8, 4) is 0 Å². The summed E-state index contributed by atoms with van der Waals surface area (Å²) in [5.74, 6) is -0.999. The number of hydrogen-bond acceptors (Lipinski definition) is 4. The zero-order valence-electron chi connectivity index (χ0n) is 8.44. The quantitative estimate of drug-likeness (QED) is 0.791. The maximum atomic E-state index is 10.8. The zero-order chi connectivity index (χ0) is 10.9. The van der Waals surface area contributed by atoms with Gasteiger partial charge in [-0.25, -0.2) is 4.98 Å². The van der Waals surface area contributed by atoms with Crippen molar-refractivity contribution in [1.29, 1.82) is 0 Å². The number of nitrogens with two attached hydrogens (primary N) is 1. The third-order valence-corrected chi connectivity index (χ3v) is 3.10. The second-order valence-electron chi connectivity index (χ2n) is 3.79. The van der Waals surface area contributed by atoms with Crippen LogP contribution in [-0.2, 0) is 10.2 Å². The molecule has 1 unspecified atom stereocenters. The minimum Gasteiger partial charge on any atom is -0.480 e. The summed E-state index contributed by atoms with van der Waals surface area (Å²) in [6.07, 6.45) is 0. The second kappa shape index (κ2) is 3.67. The molecule has 1 aromatic heterocycles. The Bertz CT molecular complexity index is 346. The highest BCUT2D eigenvalue weighted by Gasteiger charge is 2.35. The zero-order valence-corrected chi connectivity index (χ0v) is 9.26. The van der Waals surface area contributed by atoms with Crippen LogP contribution in [0.5, 0.6) is 0 Å². The first-order valence-electron chi connectivity index (χ1n) is 4.26. The van der Waals surface area contributed by atoms with Crippen LogP contribution in [0.15, 0.2) is 5.38 Å². The molecule has 0 aliphatic rings. The fourth-order valence-corrected chi connectivity index (χ4v) is 1.92. The summed E-state index contributed by atoms with van der Waals surface area (Å²) < 4.78 is 0. The van der Waals surface area contributed by atoms with E-state index in [9.17, 15) is 4.79 Å². The van der Waals surface area contributed by atoms with Crippen LogP contribution in [0, 0.1) is 6.92 Å². The predicted molar refractivity (Wildman–Crippen MR) is 55.5 cm³/mol. The molecule has 0 radical (unpaired) electrons. The number of nitrogens with zero attached hydrogens (tertiary/aromatic N) is 1. The van der Waals surface area contributed by atoms with Crippen molar-refractivity contribution in [2.75, 3.05) is 0 Å². The highest BCUT2D eigenvalue weighted by atomic mass is 32.1. The monoisotopic (exact) mass is 214 g/mol. The lowest BCUT2D eigenvalue weighted by atomic mass is 9.82. The van der Waals surface area contributed by atoms with Gasteiger partial charge in [0.05, 0.1) is 10.7 Å². The number of aryl methyl sites for hydroxylation is 1. The van der Waals surface area contributed by atoms with Gasteiger partial charge in [-0.2, -0.15) is 0 Å². The average Bonchev–Trinajstić information content (AvgIpc) is 2.50. The fraction of sp³-hybridized carbons (Fsp3) is 0.556. The summed E-state index contributed by atoms with van der Waals surface area (Å²) in [7, 11) is 0. The molecule has 1 rings (SSSR count). The number of thiazole rings is 1. The Labute approximate surface area is 86.8 Å². The molecular formula is C9H14N2O2S. The van der Waals surface area contributed by atoms with E-state index in [1.807, 2.05) is 12.3 Å². The average molecular weight is 214 g/mol. The molecule has 1 atom stereocenters. The van der Waals surface area contributed by atoms with E-state index in [0.29, 0.717) is 0 Å². The van der Waals surface area contributed by atoms with Crippen LogP contribution in [0.25, 0.3) is 0 Å². The van der Waals surface area contributed by atoms with Gasteiger partial charge in [0.1, 0.15) is 6.04 Å². The van der Waals surface area contributed by atoms with E-state index in [-0.39, 0.29) is 0 Å². The minimum absolute atomic E-state index is 0.628. The number of aliphatic carboxylic acids is 1. The van der Waals surface area contributed by atoms with E-state index in [0.717, 1.165) is 10.7 Å². The van der Waals surface area contributed by atoms with Gasteiger partial charge >= 0.3 is 5.97 Å². The van der Waals surface area contributed by atoms with Gasteiger partial charge in [-0.3, -0.25) is 4.79 Å². The summed E-state index contributed by atoms with van der Waals surface area (Å²) in [5.41, 5.74) is 5.72. The molecule has 0 bridgehead atoms. The molecule has 0 amide bonds. The molecule has 1 aromatic rings. The highest BCUT2D eigenvalue weighted by Crippen LogP contribution is 2.27. The van der Waals surface area contributed by atoms with Crippen molar-refractivity contribution < 1.29 is 9.90 Å². The molecule has 0 saturated carbocycles. The summed E-state index contributed by atoms with van der Waals surface area (Å²) in [4.78, 5) is 15.0. The summed E-state index contributed by atoms with van der Waals surface area (Å²) >= 11 is 1.50.